The van der Waals surface area contributed by atoms with E-state index in [0.717, 1.165) is 18.5 Å². The number of hydrogen-bond donors (Lipinski definition) is 1. The van der Waals surface area contributed by atoms with Gasteiger partial charge in [0.15, 0.2) is 0 Å². The molecule has 3 heteroatoms. The molecule has 2 N–H and O–H groups in total. The van der Waals surface area contributed by atoms with Crippen LogP contribution in [0.15, 0.2) is 0 Å². The minimum absolute atomic E-state index is 0.341. The Morgan fingerprint density at radius 3 is 2.39 bits per heavy atom. The number of nitrogens with two attached hydrogens (primary N) is 1. The number of hydrogen-bond acceptors (Lipinski definition) is 3. The summed E-state index contributed by atoms with van der Waals surface area (Å²) in [4.78, 5) is 5.44. The van der Waals surface area contributed by atoms with Crippen molar-refractivity contribution in [2.75, 3.05) is 32.7 Å². The Bertz CT molecular complexity index is 281. The van der Waals surface area contributed by atoms with Gasteiger partial charge in [0.1, 0.15) is 0 Å². The van der Waals surface area contributed by atoms with Crippen molar-refractivity contribution in [1.29, 1.82) is 0 Å². The van der Waals surface area contributed by atoms with Crippen LogP contribution in [0, 0.1) is 5.92 Å². The van der Waals surface area contributed by atoms with Gasteiger partial charge in [-0.2, -0.15) is 0 Å². The Labute approximate surface area is 112 Å². The zero-order chi connectivity index (χ0) is 12.6. The van der Waals surface area contributed by atoms with Crippen LogP contribution in [0.4, 0.5) is 0 Å². The molecule has 2 aliphatic carbocycles. The molecule has 3 rings (SSSR count). The molecule has 0 bridgehead atoms. The van der Waals surface area contributed by atoms with E-state index in [9.17, 15) is 0 Å². The summed E-state index contributed by atoms with van der Waals surface area (Å²) in [7, 11) is 0. The van der Waals surface area contributed by atoms with E-state index in [1.165, 1.54) is 64.7 Å². The molecule has 1 saturated heterocycles. The normalized spacial score (nSPS) is 40.0. The van der Waals surface area contributed by atoms with Crippen molar-refractivity contribution in [2.45, 2.75) is 57.0 Å². The Kier molecular flexibility index (Phi) is 3.65. The molecule has 0 aromatic carbocycles. The predicted octanol–water partition coefficient (Wildman–Crippen LogP) is 1.67. The third-order valence-corrected chi connectivity index (χ3v) is 5.50. The van der Waals surface area contributed by atoms with E-state index < -0.39 is 0 Å². The zero-order valence-electron chi connectivity index (χ0n) is 11.9. The van der Waals surface area contributed by atoms with Crippen molar-refractivity contribution in [3.05, 3.63) is 0 Å². The largest absolute Gasteiger partial charge is 0.329 e. The molecule has 0 spiro atoms. The Balaban J connectivity index is 1.61. The van der Waals surface area contributed by atoms with Gasteiger partial charge in [0.25, 0.3) is 0 Å². The van der Waals surface area contributed by atoms with E-state index >= 15 is 0 Å². The summed E-state index contributed by atoms with van der Waals surface area (Å²) >= 11 is 0. The Morgan fingerprint density at radius 1 is 1.11 bits per heavy atom. The van der Waals surface area contributed by atoms with Gasteiger partial charge in [0.2, 0.25) is 0 Å². The molecule has 2 atom stereocenters. The van der Waals surface area contributed by atoms with Crippen LogP contribution in [0.1, 0.15) is 45.4 Å². The van der Waals surface area contributed by atoms with E-state index in [-0.39, 0.29) is 0 Å². The quantitative estimate of drug-likeness (QED) is 0.828. The molecule has 0 radical (unpaired) electrons. The topological polar surface area (TPSA) is 32.5 Å². The summed E-state index contributed by atoms with van der Waals surface area (Å²) in [5, 5.41) is 0. The van der Waals surface area contributed by atoms with Gasteiger partial charge in [-0.25, -0.2) is 0 Å². The van der Waals surface area contributed by atoms with E-state index in [0.29, 0.717) is 5.54 Å². The van der Waals surface area contributed by atoms with E-state index in [2.05, 4.69) is 16.7 Å². The first-order chi connectivity index (χ1) is 8.73. The van der Waals surface area contributed by atoms with Crippen LogP contribution < -0.4 is 5.73 Å². The van der Waals surface area contributed by atoms with E-state index in [1.807, 2.05) is 0 Å². The second-order valence-electron chi connectivity index (χ2n) is 6.88. The maximum atomic E-state index is 6.18. The van der Waals surface area contributed by atoms with Gasteiger partial charge in [-0.3, -0.25) is 9.80 Å². The van der Waals surface area contributed by atoms with Crippen LogP contribution in [0.25, 0.3) is 0 Å². The molecule has 1 heterocycles. The van der Waals surface area contributed by atoms with Crippen LogP contribution in [0.3, 0.4) is 0 Å². The van der Waals surface area contributed by atoms with E-state index in [1.54, 1.807) is 0 Å². The van der Waals surface area contributed by atoms with Gasteiger partial charge in [0, 0.05) is 44.3 Å². The zero-order valence-corrected chi connectivity index (χ0v) is 11.9. The van der Waals surface area contributed by atoms with E-state index in [4.69, 9.17) is 5.73 Å². The molecule has 0 aromatic rings. The smallest absolute Gasteiger partial charge is 0.0335 e. The van der Waals surface area contributed by atoms with Crippen molar-refractivity contribution >= 4 is 0 Å². The second kappa shape index (κ2) is 5.10. The maximum absolute atomic E-state index is 6.18. The summed E-state index contributed by atoms with van der Waals surface area (Å²) in [6, 6.07) is 0.936. The second-order valence-corrected chi connectivity index (χ2v) is 6.88. The minimum atomic E-state index is 0.341. The third kappa shape index (κ3) is 2.45. The third-order valence-electron chi connectivity index (χ3n) is 5.50. The molecule has 0 amide bonds. The van der Waals surface area contributed by atoms with Gasteiger partial charge in [-0.15, -0.1) is 0 Å². The highest BCUT2D eigenvalue weighted by molar-refractivity contribution is 4.98. The SMILES string of the molecule is CC1CCCC(CN)(N2CCN(C3CC3)CC2)C1. The Morgan fingerprint density at radius 2 is 1.83 bits per heavy atom. The lowest BCUT2D eigenvalue weighted by Crippen LogP contribution is -2.61. The molecule has 0 aromatic heterocycles. The average molecular weight is 251 g/mol. The minimum Gasteiger partial charge on any atom is -0.329 e. The van der Waals surface area contributed by atoms with Crippen molar-refractivity contribution in [2.24, 2.45) is 11.7 Å². The molecule has 3 aliphatic rings. The maximum Gasteiger partial charge on any atom is 0.0335 e. The van der Waals surface area contributed by atoms with Crippen LogP contribution >= 0.6 is 0 Å². The number of piperazine rings is 1. The highest BCUT2D eigenvalue weighted by Gasteiger charge is 2.41. The first kappa shape index (κ1) is 12.9. The van der Waals surface area contributed by atoms with Gasteiger partial charge in [-0.1, -0.05) is 19.8 Å². The molecule has 104 valence electrons. The highest BCUT2D eigenvalue weighted by Crippen LogP contribution is 2.37. The summed E-state index contributed by atoms with van der Waals surface area (Å²) < 4.78 is 0. The van der Waals surface area contributed by atoms with Gasteiger partial charge >= 0.3 is 0 Å². The first-order valence-corrected chi connectivity index (χ1v) is 7.93. The molecule has 1 aliphatic heterocycles. The first-order valence-electron chi connectivity index (χ1n) is 7.93. The molecule has 18 heavy (non-hydrogen) atoms. The summed E-state index contributed by atoms with van der Waals surface area (Å²) in [6.45, 7) is 8.33. The van der Waals surface area contributed by atoms with Crippen LogP contribution in [-0.2, 0) is 0 Å². The molecule has 3 nitrogen and oxygen atoms in total. The van der Waals surface area contributed by atoms with Crippen molar-refractivity contribution in [1.82, 2.24) is 9.80 Å². The molecule has 3 fully saturated rings. The summed E-state index contributed by atoms with van der Waals surface area (Å²) in [5.74, 6) is 0.865. The molecular formula is C15H29N3. The lowest BCUT2D eigenvalue weighted by Gasteiger charge is -2.50. The van der Waals surface area contributed by atoms with Gasteiger partial charge in [0.05, 0.1) is 0 Å². The number of nitrogens with zero attached hydrogens (tertiary/aromatic N) is 2. The van der Waals surface area contributed by atoms with Crippen LogP contribution in [0.5, 0.6) is 0 Å². The van der Waals surface area contributed by atoms with Crippen molar-refractivity contribution < 1.29 is 0 Å². The fourth-order valence-corrected chi connectivity index (χ4v) is 4.24. The van der Waals surface area contributed by atoms with Crippen molar-refractivity contribution in [3.8, 4) is 0 Å². The lowest BCUT2D eigenvalue weighted by molar-refractivity contribution is -0.000705. The standard InChI is InChI=1S/C15H29N3/c1-13-3-2-6-15(11-13,12-16)18-9-7-17(8-10-18)14-4-5-14/h13-14H,2-12,16H2,1H3. The van der Waals surface area contributed by atoms with Crippen LogP contribution in [0.2, 0.25) is 0 Å². The van der Waals surface area contributed by atoms with Gasteiger partial charge < -0.3 is 5.73 Å². The summed E-state index contributed by atoms with van der Waals surface area (Å²) in [5.41, 5.74) is 6.52. The molecule has 2 saturated carbocycles. The monoisotopic (exact) mass is 251 g/mol. The fourth-order valence-electron chi connectivity index (χ4n) is 4.24. The van der Waals surface area contributed by atoms with Crippen LogP contribution in [-0.4, -0.2) is 54.1 Å². The van der Waals surface area contributed by atoms with Gasteiger partial charge in [-0.05, 0) is 31.6 Å². The number of rotatable bonds is 3. The predicted molar refractivity (Wildman–Crippen MR) is 75.6 cm³/mol. The Hall–Kier alpha value is -0.120. The molecular weight excluding hydrogens is 222 g/mol. The fraction of sp³-hybridized carbons (Fsp3) is 1.00. The molecule has 2 unspecified atom stereocenters. The highest BCUT2D eigenvalue weighted by atomic mass is 15.3. The summed E-state index contributed by atoms with van der Waals surface area (Å²) in [6.07, 6.45) is 8.33. The lowest BCUT2D eigenvalue weighted by atomic mass is 9.75. The average Bonchev–Trinajstić information content (AvgIpc) is 3.23. The van der Waals surface area contributed by atoms with Crippen molar-refractivity contribution in [3.63, 3.8) is 0 Å².